The lowest BCUT2D eigenvalue weighted by molar-refractivity contribution is -0.0132. The van der Waals surface area contributed by atoms with Crippen LogP contribution in [0.5, 0.6) is 23.0 Å². The summed E-state index contributed by atoms with van der Waals surface area (Å²) < 4.78 is 23.7. The highest BCUT2D eigenvalue weighted by atomic mass is 16.5. The highest BCUT2D eigenvalue weighted by Gasteiger charge is 2.53. The first kappa shape index (κ1) is 27.3. The Bertz CT molecular complexity index is 1670. The molecule has 1 unspecified atom stereocenters. The summed E-state index contributed by atoms with van der Waals surface area (Å²) in [7, 11) is 4.47. The topological polar surface area (TPSA) is 132 Å². The van der Waals surface area contributed by atoms with Crippen molar-refractivity contribution in [2.45, 2.75) is 57.0 Å². The molecule has 9 heteroatoms. The van der Waals surface area contributed by atoms with E-state index >= 15 is 0 Å². The van der Waals surface area contributed by atoms with E-state index in [4.69, 9.17) is 18.9 Å². The summed E-state index contributed by atoms with van der Waals surface area (Å²) in [6.45, 7) is 3.72. The first-order chi connectivity index (χ1) is 19.6. The van der Waals surface area contributed by atoms with Crippen LogP contribution < -0.4 is 9.47 Å². The van der Waals surface area contributed by atoms with Crippen molar-refractivity contribution < 1.29 is 43.9 Å². The zero-order valence-corrected chi connectivity index (χ0v) is 23.5. The van der Waals surface area contributed by atoms with Crippen LogP contribution in [0.4, 0.5) is 0 Å². The molecule has 0 saturated heterocycles. The molecule has 0 saturated carbocycles. The van der Waals surface area contributed by atoms with Crippen LogP contribution >= 0.6 is 0 Å². The fourth-order valence-electron chi connectivity index (χ4n) is 7.00. The summed E-state index contributed by atoms with van der Waals surface area (Å²) >= 11 is 0. The molecule has 9 nitrogen and oxygen atoms in total. The summed E-state index contributed by atoms with van der Waals surface area (Å²) in [5.74, 6) is -0.590. The highest BCUT2D eigenvalue weighted by Crippen LogP contribution is 2.57. The normalized spacial score (nSPS) is 25.6. The first-order valence-electron chi connectivity index (χ1n) is 13.5. The molecule has 0 aromatic heterocycles. The Morgan fingerprint density at radius 1 is 0.902 bits per heavy atom. The number of hydrogen-bond acceptors (Lipinski definition) is 9. The van der Waals surface area contributed by atoms with Gasteiger partial charge in [-0.2, -0.15) is 0 Å². The van der Waals surface area contributed by atoms with Crippen LogP contribution in [0, 0.1) is 0 Å². The number of ketones is 2. The third-order valence-electron chi connectivity index (χ3n) is 8.64. The van der Waals surface area contributed by atoms with Crippen LogP contribution in [-0.2, 0) is 21.5 Å². The van der Waals surface area contributed by atoms with E-state index in [1.54, 1.807) is 30.3 Å². The molecule has 3 aromatic rings. The molecule has 41 heavy (non-hydrogen) atoms. The van der Waals surface area contributed by atoms with Crippen molar-refractivity contribution in [3.8, 4) is 23.0 Å². The summed E-state index contributed by atoms with van der Waals surface area (Å²) in [5.41, 5.74) is 1.14. The molecule has 2 aliphatic carbocycles. The van der Waals surface area contributed by atoms with E-state index in [1.165, 1.54) is 21.3 Å². The lowest BCUT2D eigenvalue weighted by Crippen LogP contribution is -2.45. The van der Waals surface area contributed by atoms with Gasteiger partial charge in [-0.15, -0.1) is 0 Å². The summed E-state index contributed by atoms with van der Waals surface area (Å²) in [6.07, 6.45) is -1.22. The van der Waals surface area contributed by atoms with Gasteiger partial charge in [0, 0.05) is 36.3 Å². The smallest absolute Gasteiger partial charge is 0.195 e. The third-order valence-corrected chi connectivity index (χ3v) is 8.64. The Balaban J connectivity index is 1.74. The summed E-state index contributed by atoms with van der Waals surface area (Å²) in [5, 5.41) is 34.1. The van der Waals surface area contributed by atoms with Crippen LogP contribution in [0.15, 0.2) is 41.5 Å². The molecule has 3 aromatic carbocycles. The number of ether oxygens (including phenoxy) is 4. The Labute approximate surface area is 236 Å². The van der Waals surface area contributed by atoms with E-state index in [0.717, 1.165) is 0 Å². The number of phenolic OH excluding ortho intramolecular Hbond substituents is 2. The average Bonchev–Trinajstić information content (AvgIpc) is 2.92. The molecule has 214 valence electrons. The Morgan fingerprint density at radius 2 is 1.66 bits per heavy atom. The minimum atomic E-state index is -1.49. The van der Waals surface area contributed by atoms with Crippen molar-refractivity contribution in [2.24, 2.45) is 0 Å². The number of aromatic hydroxyl groups is 2. The van der Waals surface area contributed by atoms with Gasteiger partial charge >= 0.3 is 0 Å². The van der Waals surface area contributed by atoms with Crippen molar-refractivity contribution in [2.75, 3.05) is 21.3 Å². The average molecular weight is 561 g/mol. The number of rotatable bonds is 4. The van der Waals surface area contributed by atoms with Gasteiger partial charge < -0.3 is 34.3 Å². The van der Waals surface area contributed by atoms with Gasteiger partial charge in [0.25, 0.3) is 0 Å². The molecular weight excluding hydrogens is 528 g/mol. The zero-order valence-electron chi connectivity index (χ0n) is 23.5. The van der Waals surface area contributed by atoms with Crippen LogP contribution in [0.1, 0.15) is 64.1 Å². The van der Waals surface area contributed by atoms with Gasteiger partial charge in [-0.05, 0) is 55.3 Å². The Kier molecular flexibility index (Phi) is 6.37. The Morgan fingerprint density at radius 3 is 2.34 bits per heavy atom. The van der Waals surface area contributed by atoms with Crippen molar-refractivity contribution in [3.05, 3.63) is 69.3 Å². The van der Waals surface area contributed by atoms with Gasteiger partial charge in [0.2, 0.25) is 0 Å². The van der Waals surface area contributed by atoms with Crippen LogP contribution in [-0.4, -0.2) is 66.5 Å². The van der Waals surface area contributed by atoms with Crippen molar-refractivity contribution >= 4 is 22.3 Å². The molecule has 4 atom stereocenters. The molecule has 3 N–H and O–H groups in total. The number of benzene rings is 3. The second-order valence-electron chi connectivity index (χ2n) is 11.0. The van der Waals surface area contributed by atoms with Gasteiger partial charge in [0.15, 0.2) is 11.6 Å². The van der Waals surface area contributed by atoms with Crippen molar-refractivity contribution in [3.63, 3.8) is 0 Å². The van der Waals surface area contributed by atoms with E-state index < -0.39 is 23.6 Å². The maximum atomic E-state index is 14.1. The highest BCUT2D eigenvalue weighted by molar-refractivity contribution is 6.15. The lowest BCUT2D eigenvalue weighted by atomic mass is 9.66. The molecule has 1 aliphatic heterocycles. The molecule has 0 amide bonds. The monoisotopic (exact) mass is 560 g/mol. The number of phenols is 2. The maximum absolute atomic E-state index is 14.1. The maximum Gasteiger partial charge on any atom is 0.195 e. The number of carbonyl (C=O) groups excluding carboxylic acids is 2. The minimum absolute atomic E-state index is 0.0889. The number of hydrogen-bond donors (Lipinski definition) is 3. The number of Topliss-reactive ketones (excluding diaryl/α,β-unsaturated/α-hetero) is 2. The van der Waals surface area contributed by atoms with E-state index in [1.807, 2.05) is 13.8 Å². The van der Waals surface area contributed by atoms with E-state index in [2.05, 4.69) is 0 Å². The van der Waals surface area contributed by atoms with E-state index in [0.29, 0.717) is 39.8 Å². The molecule has 0 fully saturated rings. The summed E-state index contributed by atoms with van der Waals surface area (Å²) in [4.78, 5) is 26.9. The second kappa shape index (κ2) is 9.58. The second-order valence-corrected chi connectivity index (χ2v) is 11.0. The van der Waals surface area contributed by atoms with E-state index in [-0.39, 0.29) is 64.1 Å². The Hall–Kier alpha value is -3.92. The molecule has 3 aliphatic rings. The predicted molar refractivity (Wildman–Crippen MR) is 149 cm³/mol. The SMILES string of the molecule is COc1cc(OC)c2c(c1)C(OC)(c1ccc3cc4c(c(O)c3c1O)C(=O)C[C@@H](O)C4)C1=C(C2=O)[C@@H](C)O[C@@H](C)C1. The van der Waals surface area contributed by atoms with Gasteiger partial charge in [-0.25, -0.2) is 0 Å². The molecule has 0 bridgehead atoms. The van der Waals surface area contributed by atoms with Gasteiger partial charge in [0.1, 0.15) is 28.6 Å². The van der Waals surface area contributed by atoms with Gasteiger partial charge in [0.05, 0.1) is 49.0 Å². The molecule has 0 spiro atoms. The fraction of sp³-hybridized carbons (Fsp3) is 0.375. The molecule has 1 heterocycles. The number of fused-ring (bicyclic) bond motifs is 3. The zero-order chi connectivity index (χ0) is 29.4. The third kappa shape index (κ3) is 3.72. The van der Waals surface area contributed by atoms with Crippen LogP contribution in [0.3, 0.4) is 0 Å². The lowest BCUT2D eigenvalue weighted by Gasteiger charge is -2.46. The minimum Gasteiger partial charge on any atom is -0.507 e. The van der Waals surface area contributed by atoms with Gasteiger partial charge in [-0.3, -0.25) is 9.59 Å². The van der Waals surface area contributed by atoms with Crippen molar-refractivity contribution in [1.82, 2.24) is 0 Å². The molecule has 0 radical (unpaired) electrons. The number of carbonyl (C=O) groups is 2. The quantitative estimate of drug-likeness (QED) is 0.426. The van der Waals surface area contributed by atoms with Crippen molar-refractivity contribution in [1.29, 1.82) is 0 Å². The van der Waals surface area contributed by atoms with Crippen LogP contribution in [0.25, 0.3) is 10.8 Å². The number of aliphatic hydroxyl groups is 1. The fourth-order valence-corrected chi connectivity index (χ4v) is 7.00. The van der Waals surface area contributed by atoms with E-state index in [9.17, 15) is 24.9 Å². The van der Waals surface area contributed by atoms with Crippen LogP contribution in [0.2, 0.25) is 0 Å². The summed E-state index contributed by atoms with van der Waals surface area (Å²) in [6, 6.07) is 8.47. The molecule has 6 rings (SSSR count). The first-order valence-corrected chi connectivity index (χ1v) is 13.5. The molecular formula is C32H32O9. The predicted octanol–water partition coefficient (Wildman–Crippen LogP) is 4.34. The number of aliphatic hydroxyl groups excluding tert-OH is 1. The standard InChI is InChI=1S/C32H32O9/c1-14-8-21-25(15(2)41-14)30(36)28-22(12-19(38-3)13-24(28)39-4)32(21,40-5)20-7-6-16-9-17-10-18(33)11-23(34)26(17)31(37)27(16)29(20)35/h6-7,9,12-15,18,33,35,37H,8,10-11H2,1-5H3/t14-,15+,18-,32?/m0/s1. The van der Waals surface area contributed by atoms with Gasteiger partial charge in [-0.1, -0.05) is 12.1 Å². The largest absolute Gasteiger partial charge is 0.507 e. The number of methoxy groups -OCH3 is 3.